The van der Waals surface area contributed by atoms with Crippen molar-refractivity contribution in [2.24, 2.45) is 0 Å². The predicted molar refractivity (Wildman–Crippen MR) is 97.0 cm³/mol. The van der Waals surface area contributed by atoms with Crippen molar-refractivity contribution in [2.45, 2.75) is 32.2 Å². The molecule has 1 atom stereocenters. The van der Waals surface area contributed by atoms with E-state index < -0.39 is 12.0 Å². The first-order chi connectivity index (χ1) is 12.5. The topological polar surface area (TPSA) is 91.5 Å². The molecule has 26 heavy (non-hydrogen) atoms. The standard InChI is InChI=1S/C19H23N3O4/c1-3-26-19(25)15-11-13-10-12(7-8-14(13)21-15)18(24)22-9-5-4-6-16(22)17(23)20-2/h7-8,10-11,16,21H,3-6,9H2,1-2H3,(H,20,23)/t16-/m0/s1. The van der Waals surface area contributed by atoms with E-state index in [1.54, 1.807) is 43.1 Å². The number of amides is 2. The maximum absolute atomic E-state index is 13.0. The van der Waals surface area contributed by atoms with Gasteiger partial charge in [-0.2, -0.15) is 0 Å². The Balaban J connectivity index is 1.87. The molecule has 0 radical (unpaired) electrons. The van der Waals surface area contributed by atoms with Gasteiger partial charge in [-0.3, -0.25) is 9.59 Å². The number of piperidine rings is 1. The van der Waals surface area contributed by atoms with E-state index in [9.17, 15) is 14.4 Å². The Hall–Kier alpha value is -2.83. The molecule has 1 fully saturated rings. The van der Waals surface area contributed by atoms with Crippen LogP contribution in [0, 0.1) is 0 Å². The molecule has 1 aromatic carbocycles. The third kappa shape index (κ3) is 3.42. The number of likely N-dealkylation sites (N-methyl/N-ethyl adjacent to an activating group) is 1. The van der Waals surface area contributed by atoms with Crippen molar-refractivity contribution in [1.82, 2.24) is 15.2 Å². The number of hydrogen-bond donors (Lipinski definition) is 2. The minimum absolute atomic E-state index is 0.134. The highest BCUT2D eigenvalue weighted by Crippen LogP contribution is 2.23. The second-order valence-electron chi connectivity index (χ2n) is 6.33. The number of nitrogens with one attached hydrogen (secondary N) is 2. The summed E-state index contributed by atoms with van der Waals surface area (Å²) in [6, 6.07) is 6.47. The van der Waals surface area contributed by atoms with Crippen LogP contribution < -0.4 is 5.32 Å². The van der Waals surface area contributed by atoms with Gasteiger partial charge in [-0.1, -0.05) is 0 Å². The zero-order valence-corrected chi connectivity index (χ0v) is 15.0. The van der Waals surface area contributed by atoms with Crippen LogP contribution >= 0.6 is 0 Å². The molecule has 0 saturated carbocycles. The van der Waals surface area contributed by atoms with Crippen LogP contribution in [0.25, 0.3) is 10.9 Å². The van der Waals surface area contributed by atoms with Gasteiger partial charge in [0, 0.05) is 30.1 Å². The quantitative estimate of drug-likeness (QED) is 0.820. The third-order valence-corrected chi connectivity index (χ3v) is 4.68. The number of nitrogens with zero attached hydrogens (tertiary/aromatic N) is 1. The molecule has 1 aliphatic heterocycles. The zero-order valence-electron chi connectivity index (χ0n) is 15.0. The van der Waals surface area contributed by atoms with Gasteiger partial charge in [-0.05, 0) is 50.5 Å². The summed E-state index contributed by atoms with van der Waals surface area (Å²) in [7, 11) is 1.59. The Morgan fingerprint density at radius 3 is 2.81 bits per heavy atom. The average Bonchev–Trinajstić information content (AvgIpc) is 3.10. The van der Waals surface area contributed by atoms with Crippen LogP contribution in [0.5, 0.6) is 0 Å². The molecule has 1 aromatic heterocycles. The van der Waals surface area contributed by atoms with Crippen molar-refractivity contribution in [1.29, 1.82) is 0 Å². The fraction of sp³-hybridized carbons (Fsp3) is 0.421. The average molecular weight is 357 g/mol. The number of carbonyl (C=O) groups excluding carboxylic acids is 3. The minimum atomic E-state index is -0.432. The molecule has 2 aromatic rings. The van der Waals surface area contributed by atoms with Crippen molar-refractivity contribution < 1.29 is 19.1 Å². The SMILES string of the molecule is CCOC(=O)c1cc2cc(C(=O)N3CCCC[C@H]3C(=O)NC)ccc2[nH]1. The Morgan fingerprint density at radius 1 is 1.27 bits per heavy atom. The summed E-state index contributed by atoms with van der Waals surface area (Å²) in [5, 5.41) is 3.40. The molecule has 7 nitrogen and oxygen atoms in total. The van der Waals surface area contributed by atoms with Gasteiger partial charge in [-0.25, -0.2) is 4.79 Å². The van der Waals surface area contributed by atoms with Crippen LogP contribution in [0.2, 0.25) is 0 Å². The van der Waals surface area contributed by atoms with Gasteiger partial charge in [0.25, 0.3) is 5.91 Å². The van der Waals surface area contributed by atoms with Crippen LogP contribution in [0.15, 0.2) is 24.3 Å². The van der Waals surface area contributed by atoms with Crippen LogP contribution in [-0.4, -0.2) is 53.9 Å². The smallest absolute Gasteiger partial charge is 0.354 e. The van der Waals surface area contributed by atoms with Crippen molar-refractivity contribution in [3.05, 3.63) is 35.5 Å². The first-order valence-corrected chi connectivity index (χ1v) is 8.87. The van der Waals surface area contributed by atoms with E-state index in [1.165, 1.54) is 0 Å². The summed E-state index contributed by atoms with van der Waals surface area (Å²) < 4.78 is 4.99. The normalized spacial score (nSPS) is 17.2. The van der Waals surface area contributed by atoms with Gasteiger partial charge < -0.3 is 19.9 Å². The van der Waals surface area contributed by atoms with Crippen molar-refractivity contribution in [3.8, 4) is 0 Å². The number of rotatable bonds is 4. The maximum atomic E-state index is 13.0. The molecule has 0 bridgehead atoms. The minimum Gasteiger partial charge on any atom is -0.461 e. The molecule has 1 saturated heterocycles. The summed E-state index contributed by atoms with van der Waals surface area (Å²) in [6.45, 7) is 2.61. The Labute approximate surface area is 151 Å². The van der Waals surface area contributed by atoms with Gasteiger partial charge in [0.1, 0.15) is 11.7 Å². The zero-order chi connectivity index (χ0) is 18.7. The molecule has 0 aliphatic carbocycles. The van der Waals surface area contributed by atoms with E-state index in [1.807, 2.05) is 0 Å². The summed E-state index contributed by atoms with van der Waals surface area (Å²) >= 11 is 0. The molecule has 1 aliphatic rings. The number of hydrogen-bond acceptors (Lipinski definition) is 4. The number of carbonyl (C=O) groups is 3. The number of fused-ring (bicyclic) bond motifs is 1. The molecule has 2 N–H and O–H groups in total. The van der Waals surface area contributed by atoms with Gasteiger partial charge in [0.05, 0.1) is 6.61 Å². The van der Waals surface area contributed by atoms with E-state index in [4.69, 9.17) is 4.74 Å². The molecule has 138 valence electrons. The predicted octanol–water partition coefficient (Wildman–Crippen LogP) is 2.09. The summed E-state index contributed by atoms with van der Waals surface area (Å²) in [4.78, 5) is 41.6. The number of aromatic nitrogens is 1. The van der Waals surface area contributed by atoms with Gasteiger partial charge in [-0.15, -0.1) is 0 Å². The number of H-pyrrole nitrogens is 1. The monoisotopic (exact) mass is 357 g/mol. The van der Waals surface area contributed by atoms with Crippen LogP contribution in [0.4, 0.5) is 0 Å². The molecule has 0 spiro atoms. The fourth-order valence-corrected chi connectivity index (χ4v) is 3.36. The summed E-state index contributed by atoms with van der Waals surface area (Å²) in [5.74, 6) is -0.725. The van der Waals surface area contributed by atoms with Crippen LogP contribution in [-0.2, 0) is 9.53 Å². The molecule has 3 rings (SSSR count). The molecular weight excluding hydrogens is 334 g/mol. The Kier molecular flexibility index (Phi) is 5.25. The van der Waals surface area contributed by atoms with Crippen molar-refractivity contribution in [3.63, 3.8) is 0 Å². The largest absolute Gasteiger partial charge is 0.461 e. The van der Waals surface area contributed by atoms with E-state index in [-0.39, 0.29) is 11.8 Å². The molecule has 2 heterocycles. The maximum Gasteiger partial charge on any atom is 0.354 e. The van der Waals surface area contributed by atoms with Gasteiger partial charge in [0.15, 0.2) is 0 Å². The molecular formula is C19H23N3O4. The Bertz CT molecular complexity index is 842. The lowest BCUT2D eigenvalue weighted by molar-refractivity contribution is -0.126. The summed E-state index contributed by atoms with van der Waals surface area (Å²) in [5.41, 5.74) is 1.61. The highest BCUT2D eigenvalue weighted by atomic mass is 16.5. The second kappa shape index (κ2) is 7.59. The summed E-state index contributed by atoms with van der Waals surface area (Å²) in [6.07, 6.45) is 2.49. The molecule has 7 heteroatoms. The highest BCUT2D eigenvalue weighted by Gasteiger charge is 2.32. The number of ether oxygens (including phenoxy) is 1. The lowest BCUT2D eigenvalue weighted by atomic mass is 9.99. The van der Waals surface area contributed by atoms with Crippen LogP contribution in [0.1, 0.15) is 47.0 Å². The molecule has 2 amide bonds. The van der Waals surface area contributed by atoms with Crippen molar-refractivity contribution >= 4 is 28.7 Å². The van der Waals surface area contributed by atoms with E-state index in [0.717, 1.165) is 23.7 Å². The second-order valence-corrected chi connectivity index (χ2v) is 6.33. The molecule has 0 unspecified atom stereocenters. The van der Waals surface area contributed by atoms with E-state index in [0.29, 0.717) is 30.8 Å². The van der Waals surface area contributed by atoms with E-state index >= 15 is 0 Å². The van der Waals surface area contributed by atoms with E-state index in [2.05, 4.69) is 10.3 Å². The first-order valence-electron chi connectivity index (χ1n) is 8.87. The fourth-order valence-electron chi connectivity index (χ4n) is 3.36. The van der Waals surface area contributed by atoms with Crippen LogP contribution in [0.3, 0.4) is 0 Å². The Morgan fingerprint density at radius 2 is 2.08 bits per heavy atom. The highest BCUT2D eigenvalue weighted by molar-refractivity contribution is 6.02. The number of benzene rings is 1. The number of esters is 1. The number of aromatic amines is 1. The van der Waals surface area contributed by atoms with Gasteiger partial charge >= 0.3 is 5.97 Å². The lowest BCUT2D eigenvalue weighted by Crippen LogP contribution is -2.51. The van der Waals surface area contributed by atoms with Gasteiger partial charge in [0.2, 0.25) is 5.91 Å². The third-order valence-electron chi connectivity index (χ3n) is 4.68. The first kappa shape index (κ1) is 18.0. The lowest BCUT2D eigenvalue weighted by Gasteiger charge is -2.34. The number of likely N-dealkylation sites (tertiary alicyclic amines) is 1. The van der Waals surface area contributed by atoms with Crippen molar-refractivity contribution in [2.75, 3.05) is 20.2 Å².